The van der Waals surface area contributed by atoms with Crippen LogP contribution in [0.3, 0.4) is 0 Å². The average molecular weight is 683 g/mol. The standard InChI is InChI=1S/C33H38N4O12/c34-16-3-1-12-22(30(45)36-21(33(48)49)11-2-4-17-35-29(44)18-8-5-13-23(38)26(18)41)37(31(46)19-9-6-14-24(39)27(19)42)32(47)20-10-7-15-25(40)28(20)43/h5-10,13-15,21-22,38-43H,1-4,11-12,16-17,34H2,(H,35,44)(H,36,45)(H,48,49). The number of nitrogens with one attached hydrogen (secondary N) is 2. The molecule has 0 bridgehead atoms. The normalized spacial score (nSPS) is 12.0. The second-order valence-corrected chi connectivity index (χ2v) is 11.0. The molecule has 16 heteroatoms. The van der Waals surface area contributed by atoms with Gasteiger partial charge in [0.15, 0.2) is 34.5 Å². The minimum absolute atomic E-state index is 0.0491. The number of carbonyl (C=O) groups is 5. The van der Waals surface area contributed by atoms with E-state index in [1.54, 1.807) is 0 Å². The van der Waals surface area contributed by atoms with Crippen LogP contribution in [0.15, 0.2) is 54.6 Å². The molecule has 49 heavy (non-hydrogen) atoms. The number of para-hydroxylation sites is 3. The zero-order chi connectivity index (χ0) is 36.2. The summed E-state index contributed by atoms with van der Waals surface area (Å²) in [6.45, 7) is 0.226. The van der Waals surface area contributed by atoms with Gasteiger partial charge in [-0.15, -0.1) is 0 Å². The number of amides is 4. The molecule has 0 aliphatic rings. The summed E-state index contributed by atoms with van der Waals surface area (Å²) in [5.74, 6) is -10.0. The van der Waals surface area contributed by atoms with Gasteiger partial charge in [-0.05, 0) is 81.5 Å². The van der Waals surface area contributed by atoms with E-state index < -0.39 is 87.3 Å². The van der Waals surface area contributed by atoms with Crippen LogP contribution in [0.25, 0.3) is 0 Å². The van der Waals surface area contributed by atoms with Crippen molar-refractivity contribution in [1.29, 1.82) is 0 Å². The molecule has 4 amide bonds. The van der Waals surface area contributed by atoms with E-state index in [0.717, 1.165) is 24.3 Å². The first-order chi connectivity index (χ1) is 23.3. The second kappa shape index (κ2) is 17.2. The molecular weight excluding hydrogens is 644 g/mol. The molecule has 3 aromatic carbocycles. The van der Waals surface area contributed by atoms with Gasteiger partial charge < -0.3 is 52.1 Å². The van der Waals surface area contributed by atoms with E-state index in [2.05, 4.69) is 10.6 Å². The molecule has 0 heterocycles. The smallest absolute Gasteiger partial charge is 0.326 e. The Labute approximate surface area is 280 Å². The minimum atomic E-state index is -1.72. The molecule has 11 N–H and O–H groups in total. The molecule has 262 valence electrons. The molecule has 2 unspecified atom stereocenters. The number of benzene rings is 3. The summed E-state index contributed by atoms with van der Waals surface area (Å²) < 4.78 is 0. The van der Waals surface area contributed by atoms with E-state index in [1.807, 2.05) is 0 Å². The number of aromatic hydroxyl groups is 6. The molecule has 0 aliphatic carbocycles. The Morgan fingerprint density at radius 3 is 1.61 bits per heavy atom. The van der Waals surface area contributed by atoms with Crippen molar-refractivity contribution in [3.8, 4) is 34.5 Å². The van der Waals surface area contributed by atoms with Crippen molar-refractivity contribution in [1.82, 2.24) is 15.5 Å². The highest BCUT2D eigenvalue weighted by Crippen LogP contribution is 2.34. The third-order valence-corrected chi connectivity index (χ3v) is 7.55. The van der Waals surface area contributed by atoms with Crippen LogP contribution in [0, 0.1) is 0 Å². The van der Waals surface area contributed by atoms with Gasteiger partial charge in [-0.25, -0.2) is 4.79 Å². The summed E-state index contributed by atoms with van der Waals surface area (Å²) in [6.07, 6.45) is 0.546. The first kappa shape index (κ1) is 37.4. The molecule has 2 atom stereocenters. The lowest BCUT2D eigenvalue weighted by atomic mass is 10.0. The molecular formula is C33H38N4O12. The summed E-state index contributed by atoms with van der Waals surface area (Å²) in [4.78, 5) is 66.5. The molecule has 0 fully saturated rings. The molecule has 0 radical (unpaired) electrons. The highest BCUT2D eigenvalue weighted by Gasteiger charge is 2.39. The largest absolute Gasteiger partial charge is 0.504 e. The Kier molecular flexibility index (Phi) is 13.1. The van der Waals surface area contributed by atoms with Gasteiger partial charge in [0.05, 0.1) is 16.7 Å². The van der Waals surface area contributed by atoms with Crippen molar-refractivity contribution in [2.45, 2.75) is 50.6 Å². The van der Waals surface area contributed by atoms with Crippen LogP contribution in [0.5, 0.6) is 34.5 Å². The number of phenols is 6. The zero-order valence-electron chi connectivity index (χ0n) is 26.2. The number of aliphatic carboxylic acids is 1. The van der Waals surface area contributed by atoms with Crippen LogP contribution in [0.4, 0.5) is 0 Å². The van der Waals surface area contributed by atoms with E-state index in [0.29, 0.717) is 11.3 Å². The van der Waals surface area contributed by atoms with Gasteiger partial charge in [0.2, 0.25) is 5.91 Å². The number of hydrogen-bond donors (Lipinski definition) is 10. The minimum Gasteiger partial charge on any atom is -0.504 e. The summed E-state index contributed by atoms with van der Waals surface area (Å²) in [6, 6.07) is 7.34. The van der Waals surface area contributed by atoms with Crippen LogP contribution in [0.2, 0.25) is 0 Å². The summed E-state index contributed by atoms with van der Waals surface area (Å²) in [5.41, 5.74) is 4.28. The number of carbonyl (C=O) groups excluding carboxylic acids is 4. The van der Waals surface area contributed by atoms with Crippen LogP contribution in [0.1, 0.15) is 69.6 Å². The maximum absolute atomic E-state index is 13.9. The number of carboxylic acids is 1. The molecule has 3 aromatic rings. The van der Waals surface area contributed by atoms with Crippen molar-refractivity contribution in [2.75, 3.05) is 13.1 Å². The van der Waals surface area contributed by atoms with Crippen LogP contribution < -0.4 is 16.4 Å². The van der Waals surface area contributed by atoms with Crippen molar-refractivity contribution >= 4 is 29.6 Å². The Bertz CT molecular complexity index is 1630. The van der Waals surface area contributed by atoms with Gasteiger partial charge >= 0.3 is 5.97 Å². The lowest BCUT2D eigenvalue weighted by Crippen LogP contribution is -2.55. The fourth-order valence-electron chi connectivity index (χ4n) is 4.91. The fraction of sp³-hybridized carbons (Fsp3) is 0.303. The van der Waals surface area contributed by atoms with E-state index >= 15 is 0 Å². The Balaban J connectivity index is 1.85. The van der Waals surface area contributed by atoms with Gasteiger partial charge in [-0.2, -0.15) is 0 Å². The van der Waals surface area contributed by atoms with E-state index in [-0.39, 0.29) is 50.8 Å². The monoisotopic (exact) mass is 682 g/mol. The number of imide groups is 1. The zero-order valence-corrected chi connectivity index (χ0v) is 26.2. The van der Waals surface area contributed by atoms with E-state index in [4.69, 9.17) is 5.73 Å². The molecule has 3 rings (SSSR count). The third kappa shape index (κ3) is 9.29. The topological polar surface area (TPSA) is 280 Å². The maximum atomic E-state index is 13.9. The van der Waals surface area contributed by atoms with Crippen molar-refractivity contribution in [3.05, 3.63) is 71.3 Å². The van der Waals surface area contributed by atoms with Crippen LogP contribution in [-0.4, -0.2) is 95.4 Å². The second-order valence-electron chi connectivity index (χ2n) is 11.0. The maximum Gasteiger partial charge on any atom is 0.326 e. The molecule has 0 aliphatic heterocycles. The molecule has 16 nitrogen and oxygen atoms in total. The fourth-order valence-corrected chi connectivity index (χ4v) is 4.91. The number of hydrogen-bond acceptors (Lipinski definition) is 12. The quantitative estimate of drug-likeness (QED) is 0.0587. The highest BCUT2D eigenvalue weighted by atomic mass is 16.4. The first-order valence-electron chi connectivity index (χ1n) is 15.2. The summed E-state index contributed by atoms with van der Waals surface area (Å²) in [5, 5.41) is 75.2. The number of phenolic OH excluding ortho intramolecular Hbond substituents is 6. The van der Waals surface area contributed by atoms with Gasteiger partial charge in [0.1, 0.15) is 12.1 Å². The number of nitrogens with two attached hydrogens (primary N) is 1. The van der Waals surface area contributed by atoms with Gasteiger partial charge in [-0.3, -0.25) is 24.1 Å². The molecule has 0 spiro atoms. The Morgan fingerprint density at radius 1 is 0.653 bits per heavy atom. The Morgan fingerprint density at radius 2 is 1.12 bits per heavy atom. The van der Waals surface area contributed by atoms with Crippen LogP contribution >= 0.6 is 0 Å². The van der Waals surface area contributed by atoms with Gasteiger partial charge in [0, 0.05) is 6.54 Å². The lowest BCUT2D eigenvalue weighted by Gasteiger charge is -2.31. The van der Waals surface area contributed by atoms with Gasteiger partial charge in [-0.1, -0.05) is 18.2 Å². The van der Waals surface area contributed by atoms with E-state index in [1.165, 1.54) is 30.3 Å². The first-order valence-corrected chi connectivity index (χ1v) is 15.2. The number of rotatable bonds is 16. The summed E-state index contributed by atoms with van der Waals surface area (Å²) in [7, 11) is 0. The van der Waals surface area contributed by atoms with Crippen molar-refractivity contribution < 1.29 is 59.7 Å². The van der Waals surface area contributed by atoms with Crippen molar-refractivity contribution in [2.24, 2.45) is 5.73 Å². The van der Waals surface area contributed by atoms with E-state index in [9.17, 15) is 59.7 Å². The summed E-state index contributed by atoms with van der Waals surface area (Å²) >= 11 is 0. The number of carboxylic acid groups (broad SMARTS) is 1. The average Bonchev–Trinajstić information content (AvgIpc) is 3.06. The van der Waals surface area contributed by atoms with Crippen molar-refractivity contribution in [3.63, 3.8) is 0 Å². The Hall–Kier alpha value is -6.03. The highest BCUT2D eigenvalue weighted by molar-refractivity contribution is 6.15. The SMILES string of the molecule is NCCCCC(C(=O)NC(CCCCNC(=O)c1cccc(O)c1O)C(=O)O)N(C(=O)c1cccc(O)c1O)C(=O)c1cccc(O)c1O. The predicted molar refractivity (Wildman–Crippen MR) is 172 cm³/mol. The molecule has 0 saturated carbocycles. The number of nitrogens with zero attached hydrogens (tertiary/aromatic N) is 1. The lowest BCUT2D eigenvalue weighted by molar-refractivity contribution is -0.142. The van der Waals surface area contributed by atoms with Crippen LogP contribution in [-0.2, 0) is 9.59 Å². The number of unbranched alkanes of at least 4 members (excludes halogenated alkanes) is 2. The molecule has 0 saturated heterocycles. The van der Waals surface area contributed by atoms with Gasteiger partial charge in [0.25, 0.3) is 17.7 Å². The predicted octanol–water partition coefficient (Wildman–Crippen LogP) is 1.87. The molecule has 0 aromatic heterocycles. The third-order valence-electron chi connectivity index (χ3n) is 7.55.